The molecule has 6 nitrogen and oxygen atoms in total. The van der Waals surface area contributed by atoms with Gasteiger partial charge in [0.15, 0.2) is 0 Å². The second-order valence-electron chi connectivity index (χ2n) is 4.95. The van der Waals surface area contributed by atoms with Crippen molar-refractivity contribution in [1.29, 1.82) is 0 Å². The van der Waals surface area contributed by atoms with Gasteiger partial charge in [0.2, 0.25) is 5.75 Å². The number of hydrogen-bond donors (Lipinski definition) is 0. The first-order chi connectivity index (χ1) is 10.1. The van der Waals surface area contributed by atoms with Crippen LogP contribution in [0.3, 0.4) is 0 Å². The third kappa shape index (κ3) is 3.31. The van der Waals surface area contributed by atoms with Crippen LogP contribution in [0.5, 0.6) is 5.75 Å². The number of nitro groups is 1. The molecule has 0 bridgehead atoms. The van der Waals surface area contributed by atoms with Crippen LogP contribution in [0.4, 0.5) is 5.69 Å². The minimum atomic E-state index is -0.567. The third-order valence-electron chi connectivity index (χ3n) is 3.37. The molecule has 0 saturated heterocycles. The average molecular weight is 288 g/mol. The second-order valence-corrected chi connectivity index (χ2v) is 4.95. The van der Waals surface area contributed by atoms with Gasteiger partial charge in [-0.05, 0) is 24.8 Å². The van der Waals surface area contributed by atoms with E-state index in [4.69, 9.17) is 11.2 Å². The number of nitro benzene ring substituents is 1. The monoisotopic (exact) mass is 288 g/mol. The molecule has 1 aliphatic rings. The minimum Gasteiger partial charge on any atom is -0.490 e. The maximum Gasteiger partial charge on any atom is 0.311 e. The Kier molecular flexibility index (Phi) is 4.43. The van der Waals surface area contributed by atoms with Gasteiger partial charge in [-0.15, -0.1) is 6.42 Å². The normalized spacial score (nSPS) is 13.3. The number of para-hydroxylation sites is 1. The van der Waals surface area contributed by atoms with E-state index in [0.717, 1.165) is 12.8 Å². The van der Waals surface area contributed by atoms with Gasteiger partial charge in [0.25, 0.3) is 5.91 Å². The van der Waals surface area contributed by atoms with Crippen molar-refractivity contribution < 1.29 is 14.5 Å². The van der Waals surface area contributed by atoms with E-state index >= 15 is 0 Å². The highest BCUT2D eigenvalue weighted by atomic mass is 16.6. The molecule has 1 fully saturated rings. The Morgan fingerprint density at radius 1 is 1.57 bits per heavy atom. The van der Waals surface area contributed by atoms with E-state index in [9.17, 15) is 14.9 Å². The summed E-state index contributed by atoms with van der Waals surface area (Å²) in [5.41, 5.74) is -0.0574. The van der Waals surface area contributed by atoms with Gasteiger partial charge in [0.1, 0.15) is 0 Å². The van der Waals surface area contributed by atoms with Crippen LogP contribution in [-0.2, 0) is 0 Å². The molecule has 1 aromatic carbocycles. The summed E-state index contributed by atoms with van der Waals surface area (Å²) in [5.74, 6) is 2.58. The van der Waals surface area contributed by atoms with Crippen LogP contribution in [0.15, 0.2) is 18.2 Å². The van der Waals surface area contributed by atoms with Crippen LogP contribution in [-0.4, -0.2) is 35.9 Å². The fourth-order valence-corrected chi connectivity index (χ4v) is 2.16. The summed E-state index contributed by atoms with van der Waals surface area (Å²) in [6.45, 7) is 0.760. The first-order valence-corrected chi connectivity index (χ1v) is 6.62. The predicted octanol–water partition coefficient (Wildman–Crippen LogP) is 2.09. The van der Waals surface area contributed by atoms with Crippen LogP contribution >= 0.6 is 0 Å². The lowest BCUT2D eigenvalue weighted by Gasteiger charge is -2.21. The van der Waals surface area contributed by atoms with E-state index in [1.807, 2.05) is 0 Å². The first kappa shape index (κ1) is 14.9. The highest BCUT2D eigenvalue weighted by Gasteiger charge is 2.30. The number of nitrogens with zero attached hydrogens (tertiary/aromatic N) is 2. The highest BCUT2D eigenvalue weighted by Crippen LogP contribution is 2.33. The SMILES string of the molecule is C#CCN(CC1CC1)C(=O)c1cccc([N+](=O)[O-])c1OC. The maximum absolute atomic E-state index is 12.6. The molecule has 0 spiro atoms. The number of terminal acetylenes is 1. The lowest BCUT2D eigenvalue weighted by molar-refractivity contribution is -0.385. The second kappa shape index (κ2) is 6.27. The number of benzene rings is 1. The fraction of sp³-hybridized carbons (Fsp3) is 0.400. The Hall–Kier alpha value is -2.55. The zero-order chi connectivity index (χ0) is 15.4. The molecule has 1 aromatic rings. The van der Waals surface area contributed by atoms with E-state index in [0.29, 0.717) is 12.5 Å². The number of amides is 1. The summed E-state index contributed by atoms with van der Waals surface area (Å²) in [6.07, 6.45) is 7.47. The standard InChI is InChI=1S/C15H16N2O4/c1-3-9-16(10-11-7-8-11)15(18)12-5-4-6-13(17(19)20)14(12)21-2/h1,4-6,11H,7-10H2,2H3. The molecule has 6 heteroatoms. The van der Waals surface area contributed by atoms with Crippen LogP contribution in [0, 0.1) is 28.4 Å². The van der Waals surface area contributed by atoms with Crippen molar-refractivity contribution in [2.24, 2.45) is 5.92 Å². The molecule has 110 valence electrons. The number of methoxy groups -OCH3 is 1. The van der Waals surface area contributed by atoms with E-state index in [2.05, 4.69) is 5.92 Å². The van der Waals surface area contributed by atoms with Crippen molar-refractivity contribution in [3.8, 4) is 18.1 Å². The predicted molar refractivity (Wildman–Crippen MR) is 77.1 cm³/mol. The Morgan fingerprint density at radius 3 is 2.81 bits per heavy atom. The molecule has 1 saturated carbocycles. The quantitative estimate of drug-likeness (QED) is 0.456. The molecule has 0 radical (unpaired) electrons. The fourth-order valence-electron chi connectivity index (χ4n) is 2.16. The topological polar surface area (TPSA) is 72.7 Å². The van der Waals surface area contributed by atoms with Gasteiger partial charge in [-0.25, -0.2) is 0 Å². The van der Waals surface area contributed by atoms with Gasteiger partial charge in [-0.1, -0.05) is 12.0 Å². The van der Waals surface area contributed by atoms with Crippen LogP contribution < -0.4 is 4.74 Å². The van der Waals surface area contributed by atoms with Crippen molar-refractivity contribution in [2.45, 2.75) is 12.8 Å². The van der Waals surface area contributed by atoms with Crippen LogP contribution in [0.25, 0.3) is 0 Å². The molecule has 0 heterocycles. The lowest BCUT2D eigenvalue weighted by atomic mass is 10.1. The molecule has 0 unspecified atom stereocenters. The molecular formula is C15H16N2O4. The Morgan fingerprint density at radius 2 is 2.29 bits per heavy atom. The number of rotatable bonds is 6. The van der Waals surface area contributed by atoms with Gasteiger partial charge >= 0.3 is 5.69 Å². The summed E-state index contributed by atoms with van der Waals surface area (Å²) in [6, 6.07) is 4.30. The molecule has 0 atom stereocenters. The lowest BCUT2D eigenvalue weighted by Crippen LogP contribution is -2.33. The number of hydrogen-bond acceptors (Lipinski definition) is 4. The summed E-state index contributed by atoms with van der Waals surface area (Å²) in [7, 11) is 1.31. The zero-order valence-electron chi connectivity index (χ0n) is 11.7. The van der Waals surface area contributed by atoms with Crippen molar-refractivity contribution >= 4 is 11.6 Å². The van der Waals surface area contributed by atoms with Crippen LogP contribution in [0.1, 0.15) is 23.2 Å². The molecule has 1 amide bonds. The Balaban J connectivity index is 2.34. The number of carbonyl (C=O) groups is 1. The van der Waals surface area contributed by atoms with Gasteiger partial charge in [0, 0.05) is 12.6 Å². The molecule has 0 aromatic heterocycles. The summed E-state index contributed by atoms with van der Waals surface area (Å²) in [5, 5.41) is 11.0. The maximum atomic E-state index is 12.6. The summed E-state index contributed by atoms with van der Waals surface area (Å²) >= 11 is 0. The smallest absolute Gasteiger partial charge is 0.311 e. The molecule has 1 aliphatic carbocycles. The first-order valence-electron chi connectivity index (χ1n) is 6.62. The van der Waals surface area contributed by atoms with Gasteiger partial charge < -0.3 is 9.64 Å². The molecule has 0 aliphatic heterocycles. The summed E-state index contributed by atoms with van der Waals surface area (Å²) < 4.78 is 5.07. The molecular weight excluding hydrogens is 272 g/mol. The minimum absolute atomic E-state index is 0.0229. The van der Waals surface area contributed by atoms with Crippen molar-refractivity contribution in [1.82, 2.24) is 4.90 Å². The van der Waals surface area contributed by atoms with Crippen LogP contribution in [0.2, 0.25) is 0 Å². The van der Waals surface area contributed by atoms with Crippen molar-refractivity contribution in [3.63, 3.8) is 0 Å². The number of ether oxygens (including phenoxy) is 1. The number of carbonyl (C=O) groups excluding carboxylic acids is 1. The third-order valence-corrected chi connectivity index (χ3v) is 3.37. The molecule has 0 N–H and O–H groups in total. The molecule has 21 heavy (non-hydrogen) atoms. The highest BCUT2D eigenvalue weighted by molar-refractivity contribution is 5.98. The van der Waals surface area contributed by atoms with Crippen molar-refractivity contribution in [3.05, 3.63) is 33.9 Å². The van der Waals surface area contributed by atoms with E-state index in [-0.39, 0.29) is 29.5 Å². The van der Waals surface area contributed by atoms with E-state index in [1.165, 1.54) is 25.3 Å². The van der Waals surface area contributed by atoms with Gasteiger partial charge in [0.05, 0.1) is 24.1 Å². The largest absolute Gasteiger partial charge is 0.490 e. The Bertz CT molecular complexity index is 602. The molecule has 2 rings (SSSR count). The van der Waals surface area contributed by atoms with E-state index in [1.54, 1.807) is 4.90 Å². The van der Waals surface area contributed by atoms with Crippen molar-refractivity contribution in [2.75, 3.05) is 20.2 Å². The summed E-state index contributed by atoms with van der Waals surface area (Å²) in [4.78, 5) is 24.6. The van der Waals surface area contributed by atoms with Gasteiger partial charge in [-0.3, -0.25) is 14.9 Å². The Labute approximate surface area is 122 Å². The van der Waals surface area contributed by atoms with E-state index < -0.39 is 4.92 Å². The van der Waals surface area contributed by atoms with Gasteiger partial charge in [-0.2, -0.15) is 0 Å². The zero-order valence-corrected chi connectivity index (χ0v) is 11.7. The average Bonchev–Trinajstić information content (AvgIpc) is 3.29.